The number of hydrogen-bond donors (Lipinski definition) is 1. The Hall–Kier alpha value is -1.26. The number of anilines is 1. The van der Waals surface area contributed by atoms with E-state index in [1.165, 1.54) is 0 Å². The highest BCUT2D eigenvalue weighted by Gasteiger charge is 2.57. The van der Waals surface area contributed by atoms with E-state index < -0.39 is 17.8 Å². The molecule has 1 aromatic rings. The van der Waals surface area contributed by atoms with Gasteiger partial charge in [0.15, 0.2) is 0 Å². The van der Waals surface area contributed by atoms with Gasteiger partial charge in [-0.2, -0.15) is 0 Å². The summed E-state index contributed by atoms with van der Waals surface area (Å²) in [7, 11) is 0. The van der Waals surface area contributed by atoms with E-state index in [1.54, 1.807) is 24.3 Å². The van der Waals surface area contributed by atoms with Crippen molar-refractivity contribution in [2.24, 2.45) is 5.92 Å². The quantitative estimate of drug-likeness (QED) is 0.808. The molecule has 0 aliphatic heterocycles. The molecule has 2 aliphatic rings. The second-order valence-corrected chi connectivity index (χ2v) is 5.65. The van der Waals surface area contributed by atoms with Crippen LogP contribution >= 0.6 is 0 Å². The number of rotatable bonds is 4. The molecular weight excluding hydrogens is 258 g/mol. The minimum absolute atomic E-state index is 0.00226. The third-order valence-corrected chi connectivity index (χ3v) is 3.91. The minimum Gasteiger partial charge on any atom is -0.385 e. The van der Waals surface area contributed by atoms with Gasteiger partial charge >= 0.3 is 0 Å². The van der Waals surface area contributed by atoms with Crippen molar-refractivity contribution in [1.82, 2.24) is 0 Å². The second-order valence-electron chi connectivity index (χ2n) is 5.65. The fourth-order valence-electron chi connectivity index (χ4n) is 2.60. The zero-order chi connectivity index (χ0) is 13.7. The van der Waals surface area contributed by atoms with Gasteiger partial charge in [-0.1, -0.05) is 12.1 Å². The molecule has 0 heterocycles. The Morgan fingerprint density at radius 1 is 1.00 bits per heavy atom. The Morgan fingerprint density at radius 2 is 1.58 bits per heavy atom. The number of alkyl halides is 4. The van der Waals surface area contributed by atoms with Crippen molar-refractivity contribution in [3.05, 3.63) is 29.8 Å². The summed E-state index contributed by atoms with van der Waals surface area (Å²) >= 11 is 0. The molecule has 1 aromatic carbocycles. The SMILES string of the molecule is FC1(F)CC(CNc2ccc(C3CC3(F)F)cc2)C1. The maximum atomic E-state index is 12.9. The zero-order valence-electron chi connectivity index (χ0n) is 10.3. The summed E-state index contributed by atoms with van der Waals surface area (Å²) in [6.07, 6.45) is -0.199. The second kappa shape index (κ2) is 4.12. The van der Waals surface area contributed by atoms with E-state index in [-0.39, 0.29) is 25.2 Å². The van der Waals surface area contributed by atoms with Crippen molar-refractivity contribution in [1.29, 1.82) is 0 Å². The van der Waals surface area contributed by atoms with Crippen LogP contribution in [0.2, 0.25) is 0 Å². The van der Waals surface area contributed by atoms with Crippen LogP contribution in [0.5, 0.6) is 0 Å². The Morgan fingerprint density at radius 3 is 2.05 bits per heavy atom. The first-order valence-electron chi connectivity index (χ1n) is 6.45. The summed E-state index contributed by atoms with van der Waals surface area (Å²) < 4.78 is 51.0. The Kier molecular flexibility index (Phi) is 2.76. The fraction of sp³-hybridized carbons (Fsp3) is 0.571. The monoisotopic (exact) mass is 273 g/mol. The largest absolute Gasteiger partial charge is 0.385 e. The number of benzene rings is 1. The molecule has 2 fully saturated rings. The van der Waals surface area contributed by atoms with Crippen LogP contribution in [0.15, 0.2) is 24.3 Å². The molecule has 0 aromatic heterocycles. The molecule has 0 saturated heterocycles. The maximum Gasteiger partial charge on any atom is 0.255 e. The Labute approximate surface area is 109 Å². The molecule has 0 spiro atoms. The molecule has 1 unspecified atom stereocenters. The lowest BCUT2D eigenvalue weighted by atomic mass is 9.81. The smallest absolute Gasteiger partial charge is 0.255 e. The summed E-state index contributed by atoms with van der Waals surface area (Å²) in [5.41, 5.74) is 1.44. The molecule has 0 radical (unpaired) electrons. The van der Waals surface area contributed by atoms with Crippen LogP contribution in [-0.2, 0) is 0 Å². The zero-order valence-corrected chi connectivity index (χ0v) is 10.3. The summed E-state index contributed by atoms with van der Waals surface area (Å²) in [5.74, 6) is -5.69. The first-order chi connectivity index (χ1) is 8.86. The molecule has 2 saturated carbocycles. The predicted octanol–water partition coefficient (Wildman–Crippen LogP) is 4.27. The van der Waals surface area contributed by atoms with Gasteiger partial charge in [0.2, 0.25) is 5.92 Å². The van der Waals surface area contributed by atoms with Crippen molar-refractivity contribution in [3.8, 4) is 0 Å². The van der Waals surface area contributed by atoms with Gasteiger partial charge in [0.05, 0.1) is 5.92 Å². The van der Waals surface area contributed by atoms with E-state index in [4.69, 9.17) is 0 Å². The highest BCUT2D eigenvalue weighted by atomic mass is 19.3. The van der Waals surface area contributed by atoms with Gasteiger partial charge in [-0.05, 0) is 23.6 Å². The van der Waals surface area contributed by atoms with Gasteiger partial charge in [-0.15, -0.1) is 0 Å². The normalized spacial score (nSPS) is 27.7. The van der Waals surface area contributed by atoms with Crippen molar-refractivity contribution >= 4 is 5.69 Å². The Bertz CT molecular complexity index is 461. The van der Waals surface area contributed by atoms with Crippen molar-refractivity contribution in [2.75, 3.05) is 11.9 Å². The number of nitrogens with one attached hydrogen (secondary N) is 1. The first kappa shape index (κ1) is 12.8. The topological polar surface area (TPSA) is 12.0 Å². The van der Waals surface area contributed by atoms with Crippen molar-refractivity contribution < 1.29 is 17.6 Å². The van der Waals surface area contributed by atoms with Crippen LogP contribution in [0.3, 0.4) is 0 Å². The van der Waals surface area contributed by atoms with Gasteiger partial charge in [0, 0.05) is 31.5 Å². The van der Waals surface area contributed by atoms with E-state index in [0.29, 0.717) is 12.1 Å². The van der Waals surface area contributed by atoms with Crippen LogP contribution in [0, 0.1) is 5.92 Å². The van der Waals surface area contributed by atoms with Gasteiger partial charge < -0.3 is 5.32 Å². The first-order valence-corrected chi connectivity index (χ1v) is 6.45. The third-order valence-electron chi connectivity index (χ3n) is 3.91. The Balaban J connectivity index is 1.50. The van der Waals surface area contributed by atoms with Crippen LogP contribution < -0.4 is 5.32 Å². The van der Waals surface area contributed by atoms with Gasteiger partial charge in [-0.3, -0.25) is 0 Å². The fourth-order valence-corrected chi connectivity index (χ4v) is 2.60. The minimum atomic E-state index is -2.55. The lowest BCUT2D eigenvalue weighted by molar-refractivity contribution is -0.106. The van der Waals surface area contributed by atoms with E-state index in [0.717, 1.165) is 5.69 Å². The molecule has 19 heavy (non-hydrogen) atoms. The molecule has 3 rings (SSSR count). The van der Waals surface area contributed by atoms with Crippen molar-refractivity contribution in [3.63, 3.8) is 0 Å². The molecule has 5 heteroatoms. The van der Waals surface area contributed by atoms with Crippen LogP contribution in [-0.4, -0.2) is 18.4 Å². The maximum absolute atomic E-state index is 12.9. The molecule has 2 aliphatic carbocycles. The standard InChI is InChI=1S/C14H15F4N/c15-13(16)5-9(6-13)8-19-11-3-1-10(2-4-11)12-7-14(12,17)18/h1-4,9,12,19H,5-8H2. The lowest BCUT2D eigenvalue weighted by Gasteiger charge is -2.35. The summed E-state index contributed by atoms with van der Waals surface area (Å²) in [6, 6.07) is 6.84. The van der Waals surface area contributed by atoms with Gasteiger partial charge in [-0.25, -0.2) is 17.6 Å². The van der Waals surface area contributed by atoms with Gasteiger partial charge in [0.25, 0.3) is 5.92 Å². The number of hydrogen-bond acceptors (Lipinski definition) is 1. The number of halogens is 4. The van der Waals surface area contributed by atoms with E-state index in [1.807, 2.05) is 0 Å². The van der Waals surface area contributed by atoms with Crippen LogP contribution in [0.4, 0.5) is 23.2 Å². The summed E-state index contributed by atoms with van der Waals surface area (Å²) in [5, 5.41) is 3.07. The predicted molar refractivity (Wildman–Crippen MR) is 64.9 cm³/mol. The lowest BCUT2D eigenvalue weighted by Crippen LogP contribution is -2.39. The van der Waals surface area contributed by atoms with E-state index in [2.05, 4.69) is 5.32 Å². The molecule has 0 amide bonds. The summed E-state index contributed by atoms with van der Waals surface area (Å²) in [4.78, 5) is 0. The average molecular weight is 273 g/mol. The van der Waals surface area contributed by atoms with E-state index in [9.17, 15) is 17.6 Å². The molecule has 1 nitrogen and oxygen atoms in total. The third kappa shape index (κ3) is 2.69. The highest BCUT2D eigenvalue weighted by molar-refractivity contribution is 5.46. The summed E-state index contributed by atoms with van der Waals surface area (Å²) in [6.45, 7) is 0.508. The molecule has 1 atom stereocenters. The molecule has 104 valence electrons. The van der Waals surface area contributed by atoms with Crippen LogP contribution in [0.25, 0.3) is 0 Å². The molecular formula is C14H15F4N. The van der Waals surface area contributed by atoms with Gasteiger partial charge in [0.1, 0.15) is 0 Å². The molecule has 0 bridgehead atoms. The highest BCUT2D eigenvalue weighted by Crippen LogP contribution is 2.55. The van der Waals surface area contributed by atoms with Crippen molar-refractivity contribution in [2.45, 2.75) is 37.0 Å². The van der Waals surface area contributed by atoms with E-state index >= 15 is 0 Å². The average Bonchev–Trinajstić information content (AvgIpc) is 2.94. The molecule has 1 N–H and O–H groups in total. The van der Waals surface area contributed by atoms with Crippen LogP contribution in [0.1, 0.15) is 30.7 Å².